The van der Waals surface area contributed by atoms with E-state index in [0.717, 1.165) is 23.9 Å². The second-order valence-corrected chi connectivity index (χ2v) is 5.85. The van der Waals surface area contributed by atoms with E-state index in [2.05, 4.69) is 15.9 Å². The first-order chi connectivity index (χ1) is 8.31. The zero-order valence-corrected chi connectivity index (χ0v) is 11.6. The third kappa shape index (κ3) is 3.95. The number of rotatable bonds is 5. The third-order valence-electron chi connectivity index (χ3n) is 1.99. The Labute approximate surface area is 115 Å². The number of nitro groups is 1. The molecule has 0 aliphatic carbocycles. The Balaban J connectivity index is 3.03. The molecule has 0 spiro atoms. The van der Waals surface area contributed by atoms with E-state index in [1.54, 1.807) is 6.92 Å². The first-order valence-electron chi connectivity index (χ1n) is 4.83. The fourth-order valence-electron chi connectivity index (χ4n) is 1.26. The van der Waals surface area contributed by atoms with E-state index < -0.39 is 16.7 Å². The number of carboxylic acid groups (broad SMARTS) is 1. The number of carboxylic acids is 1. The fraction of sp³-hybridized carbons (Fsp3) is 0.300. The molecule has 0 saturated heterocycles. The van der Waals surface area contributed by atoms with Gasteiger partial charge in [0.25, 0.3) is 5.69 Å². The number of halogens is 2. The highest BCUT2D eigenvalue weighted by atomic mass is 79.9. The average Bonchev–Trinajstić information content (AvgIpc) is 2.21. The lowest BCUT2D eigenvalue weighted by Gasteiger charge is -2.09. The number of hydrogen-bond acceptors (Lipinski definition) is 4. The Morgan fingerprint density at radius 1 is 1.67 bits per heavy atom. The van der Waals surface area contributed by atoms with Crippen LogP contribution >= 0.6 is 27.7 Å². The predicted octanol–water partition coefficient (Wildman–Crippen LogP) is 3.45. The predicted molar refractivity (Wildman–Crippen MR) is 68.3 cm³/mol. The molecule has 0 bridgehead atoms. The molecule has 1 aromatic carbocycles. The van der Waals surface area contributed by atoms with E-state index in [1.165, 1.54) is 0 Å². The van der Waals surface area contributed by atoms with E-state index in [9.17, 15) is 19.3 Å². The van der Waals surface area contributed by atoms with Crippen molar-refractivity contribution in [2.24, 2.45) is 0 Å². The Morgan fingerprint density at radius 2 is 2.28 bits per heavy atom. The molecule has 1 unspecified atom stereocenters. The van der Waals surface area contributed by atoms with Crippen LogP contribution in [0.4, 0.5) is 10.1 Å². The normalized spacial score (nSPS) is 12.2. The number of nitro benzene ring substituents is 1. The van der Waals surface area contributed by atoms with Gasteiger partial charge in [-0.1, -0.05) is 6.92 Å². The van der Waals surface area contributed by atoms with Crippen LogP contribution in [0.1, 0.15) is 13.3 Å². The van der Waals surface area contributed by atoms with Crippen LogP contribution in [-0.2, 0) is 4.79 Å². The summed E-state index contributed by atoms with van der Waals surface area (Å²) in [6, 6.07) is 2.11. The van der Waals surface area contributed by atoms with Crippen molar-refractivity contribution in [3.8, 4) is 0 Å². The van der Waals surface area contributed by atoms with E-state index in [1.807, 2.05) is 0 Å². The average molecular weight is 338 g/mol. The lowest BCUT2D eigenvalue weighted by Crippen LogP contribution is -2.06. The Morgan fingerprint density at radius 3 is 2.78 bits per heavy atom. The Kier molecular flexibility index (Phi) is 5.09. The van der Waals surface area contributed by atoms with Gasteiger partial charge in [-0.05, 0) is 22.0 Å². The molecule has 1 atom stereocenters. The van der Waals surface area contributed by atoms with Crippen molar-refractivity contribution in [3.05, 3.63) is 32.5 Å². The third-order valence-corrected chi connectivity index (χ3v) is 3.75. The monoisotopic (exact) mass is 337 g/mol. The van der Waals surface area contributed by atoms with Gasteiger partial charge in [0, 0.05) is 11.3 Å². The molecular formula is C10H9BrFNO4S. The van der Waals surface area contributed by atoms with Gasteiger partial charge in [0.05, 0.1) is 20.7 Å². The van der Waals surface area contributed by atoms with Crippen LogP contribution < -0.4 is 0 Å². The molecule has 1 N–H and O–H groups in total. The minimum Gasteiger partial charge on any atom is -0.481 e. The lowest BCUT2D eigenvalue weighted by molar-refractivity contribution is -0.387. The molecule has 0 amide bonds. The summed E-state index contributed by atoms with van der Waals surface area (Å²) in [7, 11) is 0. The van der Waals surface area contributed by atoms with Gasteiger partial charge in [-0.3, -0.25) is 14.9 Å². The number of thioether (sulfide) groups is 1. The SMILES string of the molecule is CC(CC(=O)O)Sc1cc(F)c(Br)cc1[N+](=O)[O-]. The zero-order chi connectivity index (χ0) is 13.9. The fourth-order valence-corrected chi connectivity index (χ4v) is 2.68. The van der Waals surface area contributed by atoms with E-state index in [4.69, 9.17) is 5.11 Å². The maximum Gasteiger partial charge on any atom is 0.304 e. The highest BCUT2D eigenvalue weighted by molar-refractivity contribution is 9.10. The number of aliphatic carboxylic acids is 1. The summed E-state index contributed by atoms with van der Waals surface area (Å²) in [5.41, 5.74) is -0.245. The summed E-state index contributed by atoms with van der Waals surface area (Å²) in [5, 5.41) is 19.0. The summed E-state index contributed by atoms with van der Waals surface area (Å²) < 4.78 is 13.3. The highest BCUT2D eigenvalue weighted by Gasteiger charge is 2.20. The highest BCUT2D eigenvalue weighted by Crippen LogP contribution is 2.36. The maximum absolute atomic E-state index is 13.3. The summed E-state index contributed by atoms with van der Waals surface area (Å²) in [4.78, 5) is 20.8. The van der Waals surface area contributed by atoms with Crippen LogP contribution in [0.5, 0.6) is 0 Å². The summed E-state index contributed by atoms with van der Waals surface area (Å²) in [6.45, 7) is 1.61. The first kappa shape index (κ1) is 14.9. The maximum atomic E-state index is 13.3. The van der Waals surface area contributed by atoms with Crippen molar-refractivity contribution in [1.82, 2.24) is 0 Å². The largest absolute Gasteiger partial charge is 0.481 e. The standard InChI is InChI=1S/C10H9BrFNO4S/c1-5(2-10(14)15)18-9-4-7(12)6(11)3-8(9)13(16)17/h3-5H,2H2,1H3,(H,14,15). The van der Waals surface area contributed by atoms with Crippen LogP contribution in [0.2, 0.25) is 0 Å². The molecule has 98 valence electrons. The van der Waals surface area contributed by atoms with Crippen LogP contribution in [0, 0.1) is 15.9 Å². The number of hydrogen-bond donors (Lipinski definition) is 1. The van der Waals surface area contributed by atoms with Gasteiger partial charge in [-0.2, -0.15) is 0 Å². The number of benzene rings is 1. The zero-order valence-electron chi connectivity index (χ0n) is 9.22. The quantitative estimate of drug-likeness (QED) is 0.505. The summed E-state index contributed by atoms with van der Waals surface area (Å²) in [6.07, 6.45) is -0.153. The van der Waals surface area contributed by atoms with Crippen LogP contribution in [-0.4, -0.2) is 21.2 Å². The van der Waals surface area contributed by atoms with Crippen molar-refractivity contribution < 1.29 is 19.2 Å². The van der Waals surface area contributed by atoms with E-state index in [-0.39, 0.29) is 26.7 Å². The van der Waals surface area contributed by atoms with Crippen molar-refractivity contribution in [2.45, 2.75) is 23.5 Å². The molecule has 1 rings (SSSR count). The van der Waals surface area contributed by atoms with Crippen LogP contribution in [0.3, 0.4) is 0 Å². The minimum atomic E-state index is -1.00. The molecule has 18 heavy (non-hydrogen) atoms. The molecule has 8 heteroatoms. The van der Waals surface area contributed by atoms with Crippen molar-refractivity contribution in [2.75, 3.05) is 0 Å². The molecule has 0 heterocycles. The Bertz CT molecular complexity index is 497. The van der Waals surface area contributed by atoms with Gasteiger partial charge in [-0.15, -0.1) is 11.8 Å². The molecule has 0 aliphatic heterocycles. The Hall–Kier alpha value is -1.15. The minimum absolute atomic E-state index is 0.00411. The molecule has 0 saturated carbocycles. The second-order valence-electron chi connectivity index (χ2n) is 3.52. The van der Waals surface area contributed by atoms with Gasteiger partial charge in [0.15, 0.2) is 0 Å². The van der Waals surface area contributed by atoms with Gasteiger partial charge in [0.2, 0.25) is 0 Å². The van der Waals surface area contributed by atoms with Crippen molar-refractivity contribution >= 4 is 39.3 Å². The topological polar surface area (TPSA) is 80.4 Å². The van der Waals surface area contributed by atoms with Gasteiger partial charge >= 0.3 is 5.97 Å². The van der Waals surface area contributed by atoms with E-state index in [0.29, 0.717) is 0 Å². The molecule has 0 aliphatic rings. The van der Waals surface area contributed by atoms with Crippen LogP contribution in [0.15, 0.2) is 21.5 Å². The molecule has 5 nitrogen and oxygen atoms in total. The lowest BCUT2D eigenvalue weighted by atomic mass is 10.3. The molecule has 0 fully saturated rings. The summed E-state index contributed by atoms with van der Waals surface area (Å²) in [5.74, 6) is -1.62. The second kappa shape index (κ2) is 6.14. The summed E-state index contributed by atoms with van der Waals surface area (Å²) >= 11 is 3.84. The van der Waals surface area contributed by atoms with Crippen molar-refractivity contribution in [1.29, 1.82) is 0 Å². The van der Waals surface area contributed by atoms with Gasteiger partial charge in [-0.25, -0.2) is 4.39 Å². The van der Waals surface area contributed by atoms with E-state index >= 15 is 0 Å². The number of nitrogens with zero attached hydrogens (tertiary/aromatic N) is 1. The smallest absolute Gasteiger partial charge is 0.304 e. The molecule has 1 aromatic rings. The van der Waals surface area contributed by atoms with Crippen LogP contribution in [0.25, 0.3) is 0 Å². The number of carbonyl (C=O) groups is 1. The van der Waals surface area contributed by atoms with Gasteiger partial charge in [0.1, 0.15) is 5.82 Å². The molecular weight excluding hydrogens is 329 g/mol. The molecule has 0 aromatic heterocycles. The first-order valence-corrected chi connectivity index (χ1v) is 6.50. The van der Waals surface area contributed by atoms with Gasteiger partial charge < -0.3 is 5.11 Å². The molecule has 0 radical (unpaired) electrons. The van der Waals surface area contributed by atoms with Crippen molar-refractivity contribution in [3.63, 3.8) is 0 Å².